The minimum Gasteiger partial charge on any atom is -0.373 e. The van der Waals surface area contributed by atoms with E-state index in [9.17, 15) is 0 Å². The highest BCUT2D eigenvalue weighted by atomic mass is 127. The number of nitrogens with zero attached hydrogens (tertiary/aromatic N) is 2. The van der Waals surface area contributed by atoms with Gasteiger partial charge in [0.15, 0.2) is 5.96 Å². The normalized spacial score (nSPS) is 28.3. The molecule has 7 heteroatoms. The zero-order valence-electron chi connectivity index (χ0n) is 11.8. The Morgan fingerprint density at radius 1 is 1.55 bits per heavy atom. The van der Waals surface area contributed by atoms with E-state index in [1.165, 1.54) is 17.7 Å². The van der Waals surface area contributed by atoms with E-state index in [2.05, 4.69) is 20.6 Å². The van der Waals surface area contributed by atoms with Crippen molar-refractivity contribution in [1.29, 1.82) is 0 Å². The second kappa shape index (κ2) is 7.04. The number of fused-ring (bicyclic) bond motifs is 2. The van der Waals surface area contributed by atoms with E-state index in [0.717, 1.165) is 24.6 Å². The topological polar surface area (TPSA) is 58.5 Å². The van der Waals surface area contributed by atoms with Crippen LogP contribution in [0.5, 0.6) is 0 Å². The fourth-order valence-electron chi connectivity index (χ4n) is 2.82. The lowest BCUT2D eigenvalue weighted by atomic mass is 9.96. The van der Waals surface area contributed by atoms with Gasteiger partial charge in [-0.2, -0.15) is 0 Å². The summed E-state index contributed by atoms with van der Waals surface area (Å²) in [5.41, 5.74) is 2.97. The molecule has 20 heavy (non-hydrogen) atoms. The smallest absolute Gasteiger partial charge is 0.191 e. The van der Waals surface area contributed by atoms with Gasteiger partial charge in [-0.25, -0.2) is 4.98 Å². The molecule has 3 heterocycles. The van der Waals surface area contributed by atoms with Gasteiger partial charge in [-0.3, -0.25) is 4.99 Å². The SMILES string of the molecule is CN=C(NCc1scnc1C)NC1CC2CCC1O2.I. The fraction of sp³-hybridized carbons (Fsp3) is 0.692. The van der Waals surface area contributed by atoms with Crippen molar-refractivity contribution in [3.8, 4) is 0 Å². The van der Waals surface area contributed by atoms with E-state index in [-0.39, 0.29) is 24.0 Å². The van der Waals surface area contributed by atoms with Gasteiger partial charge in [-0.15, -0.1) is 35.3 Å². The van der Waals surface area contributed by atoms with E-state index >= 15 is 0 Å². The second-order valence-corrected chi connectivity index (χ2v) is 6.09. The van der Waals surface area contributed by atoms with Crippen molar-refractivity contribution < 1.29 is 4.74 Å². The number of aromatic nitrogens is 1. The largest absolute Gasteiger partial charge is 0.373 e. The number of nitrogens with one attached hydrogen (secondary N) is 2. The summed E-state index contributed by atoms with van der Waals surface area (Å²) in [4.78, 5) is 9.80. The van der Waals surface area contributed by atoms with Crippen LogP contribution in [0.4, 0.5) is 0 Å². The van der Waals surface area contributed by atoms with Crippen molar-refractivity contribution >= 4 is 41.3 Å². The third kappa shape index (κ3) is 3.43. The summed E-state index contributed by atoms with van der Waals surface area (Å²) in [5.74, 6) is 0.856. The van der Waals surface area contributed by atoms with Crippen LogP contribution in [0.3, 0.4) is 0 Å². The Labute approximate surface area is 140 Å². The lowest BCUT2D eigenvalue weighted by Crippen LogP contribution is -2.47. The number of aryl methyl sites for hydroxylation is 1. The highest BCUT2D eigenvalue weighted by Gasteiger charge is 2.41. The summed E-state index contributed by atoms with van der Waals surface area (Å²) in [7, 11) is 1.81. The Morgan fingerprint density at radius 3 is 2.95 bits per heavy atom. The second-order valence-electron chi connectivity index (χ2n) is 5.15. The first-order valence-corrected chi connectivity index (χ1v) is 7.66. The van der Waals surface area contributed by atoms with Crippen LogP contribution in [0, 0.1) is 6.92 Å². The summed E-state index contributed by atoms with van der Waals surface area (Å²) in [6.45, 7) is 2.81. The number of ether oxygens (including phenoxy) is 1. The van der Waals surface area contributed by atoms with E-state index < -0.39 is 0 Å². The number of hydrogen-bond acceptors (Lipinski definition) is 4. The predicted octanol–water partition coefficient (Wildman–Crippen LogP) is 2.05. The molecular formula is C13H21IN4OS. The van der Waals surface area contributed by atoms with Crippen LogP contribution in [-0.2, 0) is 11.3 Å². The minimum absolute atomic E-state index is 0. The van der Waals surface area contributed by atoms with Crippen LogP contribution in [0.15, 0.2) is 10.5 Å². The van der Waals surface area contributed by atoms with Gasteiger partial charge < -0.3 is 15.4 Å². The van der Waals surface area contributed by atoms with E-state index in [0.29, 0.717) is 18.2 Å². The Kier molecular flexibility index (Phi) is 5.62. The summed E-state index contributed by atoms with van der Waals surface area (Å²) >= 11 is 1.68. The number of aliphatic imine (C=N–C) groups is 1. The summed E-state index contributed by atoms with van der Waals surface area (Å²) in [6, 6.07) is 0.410. The van der Waals surface area contributed by atoms with Gasteiger partial charge in [0.1, 0.15) is 0 Å². The van der Waals surface area contributed by atoms with Crippen LogP contribution < -0.4 is 10.6 Å². The Bertz CT molecular complexity index is 479. The number of rotatable bonds is 3. The molecule has 2 saturated heterocycles. The quantitative estimate of drug-likeness (QED) is 0.457. The summed E-state index contributed by atoms with van der Waals surface area (Å²) in [5, 5.41) is 6.83. The molecule has 0 saturated carbocycles. The van der Waals surface area contributed by atoms with Gasteiger partial charge in [-0.05, 0) is 26.2 Å². The van der Waals surface area contributed by atoms with E-state index in [4.69, 9.17) is 4.74 Å². The maximum atomic E-state index is 5.85. The molecule has 3 rings (SSSR count). The molecule has 1 aromatic rings. The molecule has 0 aliphatic carbocycles. The molecule has 0 amide bonds. The molecule has 2 bridgehead atoms. The molecule has 1 aromatic heterocycles. The predicted molar refractivity (Wildman–Crippen MR) is 91.9 cm³/mol. The molecule has 0 spiro atoms. The first kappa shape index (κ1) is 16.0. The molecule has 2 fully saturated rings. The van der Waals surface area contributed by atoms with Crippen molar-refractivity contribution in [3.63, 3.8) is 0 Å². The zero-order chi connectivity index (χ0) is 13.2. The molecule has 2 aliphatic rings. The molecule has 5 nitrogen and oxygen atoms in total. The number of thiazole rings is 1. The van der Waals surface area contributed by atoms with E-state index in [1.54, 1.807) is 11.3 Å². The lowest BCUT2D eigenvalue weighted by molar-refractivity contribution is 0.0992. The number of halogens is 1. The molecule has 2 aliphatic heterocycles. The summed E-state index contributed by atoms with van der Waals surface area (Å²) in [6.07, 6.45) is 4.32. The lowest BCUT2D eigenvalue weighted by Gasteiger charge is -2.22. The van der Waals surface area contributed by atoms with Gasteiger partial charge in [-0.1, -0.05) is 0 Å². The van der Waals surface area contributed by atoms with Gasteiger partial charge >= 0.3 is 0 Å². The molecule has 0 radical (unpaired) electrons. The molecular weight excluding hydrogens is 387 g/mol. The van der Waals surface area contributed by atoms with Crippen LogP contribution in [0.1, 0.15) is 29.8 Å². The molecule has 0 aromatic carbocycles. The van der Waals surface area contributed by atoms with Gasteiger partial charge in [0.2, 0.25) is 0 Å². The number of guanidine groups is 1. The van der Waals surface area contributed by atoms with Crippen molar-refractivity contribution in [2.24, 2.45) is 4.99 Å². The van der Waals surface area contributed by atoms with Gasteiger partial charge in [0.25, 0.3) is 0 Å². The maximum absolute atomic E-state index is 5.85. The summed E-state index contributed by atoms with van der Waals surface area (Å²) < 4.78 is 5.85. The average molecular weight is 408 g/mol. The maximum Gasteiger partial charge on any atom is 0.191 e. The van der Waals surface area contributed by atoms with Crippen LogP contribution >= 0.6 is 35.3 Å². The molecule has 112 valence electrons. The van der Waals surface area contributed by atoms with Crippen molar-refractivity contribution in [2.45, 2.75) is 51.0 Å². The Hall–Kier alpha value is -0.410. The average Bonchev–Trinajstić information content (AvgIpc) is 3.11. The van der Waals surface area contributed by atoms with Gasteiger partial charge in [0.05, 0.1) is 36.0 Å². The third-order valence-electron chi connectivity index (χ3n) is 3.91. The van der Waals surface area contributed by atoms with E-state index in [1.807, 2.05) is 19.5 Å². The molecule has 3 unspecified atom stereocenters. The van der Waals surface area contributed by atoms with Crippen molar-refractivity contribution in [1.82, 2.24) is 15.6 Å². The third-order valence-corrected chi connectivity index (χ3v) is 4.85. The molecule has 3 atom stereocenters. The Morgan fingerprint density at radius 2 is 2.40 bits per heavy atom. The highest BCUT2D eigenvalue weighted by Crippen LogP contribution is 2.34. The number of hydrogen-bond donors (Lipinski definition) is 2. The zero-order valence-corrected chi connectivity index (χ0v) is 14.9. The van der Waals surface area contributed by atoms with Crippen LogP contribution in [0.2, 0.25) is 0 Å². The van der Waals surface area contributed by atoms with Crippen molar-refractivity contribution in [3.05, 3.63) is 16.1 Å². The van der Waals surface area contributed by atoms with Crippen LogP contribution in [-0.4, -0.2) is 36.2 Å². The fourth-order valence-corrected chi connectivity index (χ4v) is 3.54. The van der Waals surface area contributed by atoms with Crippen molar-refractivity contribution in [2.75, 3.05) is 7.05 Å². The highest BCUT2D eigenvalue weighted by molar-refractivity contribution is 14.0. The molecule has 2 N–H and O–H groups in total. The first-order valence-electron chi connectivity index (χ1n) is 6.78. The minimum atomic E-state index is 0. The monoisotopic (exact) mass is 408 g/mol. The van der Waals surface area contributed by atoms with Crippen LogP contribution in [0.25, 0.3) is 0 Å². The van der Waals surface area contributed by atoms with Gasteiger partial charge in [0, 0.05) is 11.9 Å². The standard InChI is InChI=1S/C13H20N4OS.HI/c1-8-12(19-7-16-8)6-15-13(14-2)17-10-5-9-3-4-11(10)18-9;/h7,9-11H,3-6H2,1-2H3,(H2,14,15,17);1H. The first-order chi connectivity index (χ1) is 9.26. The Balaban J connectivity index is 0.00000147.